The van der Waals surface area contributed by atoms with Crippen LogP contribution in [0.2, 0.25) is 0 Å². The molecule has 433 valence electrons. The van der Waals surface area contributed by atoms with E-state index in [2.05, 4.69) is 30.4 Å². The zero-order chi connectivity index (χ0) is 57.3. The number of halogens is 1. The van der Waals surface area contributed by atoms with Crippen molar-refractivity contribution in [3.8, 4) is 5.75 Å². The number of hydrogen-bond acceptors (Lipinski definition) is 16. The number of carboxylic acid groups (broad SMARTS) is 2. The van der Waals surface area contributed by atoms with Crippen LogP contribution in [0.25, 0.3) is 0 Å². The van der Waals surface area contributed by atoms with Gasteiger partial charge in [0.1, 0.15) is 17.8 Å². The number of benzene rings is 1. The Morgan fingerprint density at radius 2 is 1.55 bits per heavy atom. The number of rotatable bonds is 37. The Kier molecular flexibility index (Phi) is 35.8. The van der Waals surface area contributed by atoms with Gasteiger partial charge in [0.2, 0.25) is 23.6 Å². The van der Waals surface area contributed by atoms with Crippen LogP contribution < -0.4 is 25.5 Å². The van der Waals surface area contributed by atoms with Crippen molar-refractivity contribution in [3.63, 3.8) is 0 Å². The summed E-state index contributed by atoms with van der Waals surface area (Å²) in [5.41, 5.74) is 0.976. The predicted molar refractivity (Wildman–Crippen MR) is 285 cm³/mol. The molecule has 1 fully saturated rings. The number of hydrogen-bond donors (Lipinski definition) is 7. The molecule has 1 aromatic carbocycles. The second-order valence-corrected chi connectivity index (χ2v) is 19.9. The van der Waals surface area contributed by atoms with Crippen LogP contribution >= 0.6 is 0 Å². The van der Waals surface area contributed by atoms with Crippen LogP contribution in [-0.4, -0.2) is 193 Å². The fourth-order valence-electron chi connectivity index (χ4n) is 8.18. The third-order valence-electron chi connectivity index (χ3n) is 12.4. The van der Waals surface area contributed by atoms with E-state index in [9.17, 15) is 60.8 Å². The Balaban J connectivity index is 0.00000312. The van der Waals surface area contributed by atoms with Crippen molar-refractivity contribution >= 4 is 65.7 Å². The standard InChI is InChI=1S/C45H67BFN9O12S.C6H12O2.U/c1-4-19-54(24-22-53(26-27-57)23-25-55(20-5-2)32-42(60)61)31-41(59)49-17-7-6-12-38(52-40(58)15-14-34-10-8-11-37(28-34)68-69(47,66)67)44(63)50-30-36-29-35(16-18-48-36)43(62)51-33(3)45(64)56-21-9-13-39(56)46-65;1-3-5(2)4-6(7)8;/h8,10-11,16,18,28-29,33,38-39,65H,4-7,9,12-15,17,19-26,30-32H2,1-3H3,(H,49,59)(H,50,63)(H,51,62)(H,52,58)(H,60,61);5H,3-4H2,1-2H3,(H,7,8);/q-1;;. The van der Waals surface area contributed by atoms with Gasteiger partial charge in [-0.2, -0.15) is 8.42 Å². The van der Waals surface area contributed by atoms with Crippen LogP contribution in [0.15, 0.2) is 42.6 Å². The van der Waals surface area contributed by atoms with E-state index in [0.29, 0.717) is 88.7 Å². The molecule has 1 aliphatic rings. The van der Waals surface area contributed by atoms with Gasteiger partial charge in [-0.05, 0) is 107 Å². The number of likely N-dealkylation sites (tertiary alicyclic amines) is 1. The minimum atomic E-state index is -5.26. The molecule has 2 aromatic rings. The molecule has 1 saturated heterocycles. The molecule has 27 heteroatoms. The summed E-state index contributed by atoms with van der Waals surface area (Å²) < 4.78 is 39.3. The molecule has 4 atom stereocenters. The Hall–Kier alpha value is -5.03. The molecular weight excluding hydrogens is 1260 g/mol. The Morgan fingerprint density at radius 3 is 2.14 bits per heavy atom. The molecular formula is C51H79BFN9O14SU-. The maximum absolute atomic E-state index is 13.6. The Labute approximate surface area is 483 Å². The smallest absolute Gasteiger partial charge is 0.488 e. The van der Waals surface area contributed by atoms with Crippen molar-refractivity contribution in [1.82, 2.24) is 45.9 Å². The van der Waals surface area contributed by atoms with Crippen molar-refractivity contribution in [2.75, 3.05) is 72.0 Å². The van der Waals surface area contributed by atoms with Crippen molar-refractivity contribution in [2.24, 2.45) is 5.92 Å². The van der Waals surface area contributed by atoms with Crippen molar-refractivity contribution < 1.29 is 101 Å². The summed E-state index contributed by atoms with van der Waals surface area (Å²) >= 11 is 0. The number of nitrogens with zero attached hydrogens (tertiary/aromatic N) is 5. The summed E-state index contributed by atoms with van der Waals surface area (Å²) in [6.45, 7) is 13.2. The minimum Gasteiger partial charge on any atom is -0.541 e. The van der Waals surface area contributed by atoms with Crippen LogP contribution in [0.5, 0.6) is 5.75 Å². The molecule has 7 N–H and O–H groups in total. The van der Waals surface area contributed by atoms with Crippen LogP contribution in [0.4, 0.5) is 3.89 Å². The van der Waals surface area contributed by atoms with E-state index in [-0.39, 0.29) is 106 Å². The first-order valence-corrected chi connectivity index (χ1v) is 27.5. The molecule has 1 aliphatic heterocycles. The summed E-state index contributed by atoms with van der Waals surface area (Å²) in [4.78, 5) is 110. The van der Waals surface area contributed by atoms with Crippen LogP contribution in [-0.2, 0) is 57.0 Å². The topological polar surface area (TPSA) is 315 Å². The monoisotopic (exact) mass is 1340 g/mol. The fraction of sp³-hybridized carbons (Fsp3) is 0.627. The second-order valence-electron chi connectivity index (χ2n) is 18.9. The van der Waals surface area contributed by atoms with E-state index in [0.717, 1.165) is 33.2 Å². The molecule has 0 bridgehead atoms. The van der Waals surface area contributed by atoms with E-state index in [4.69, 9.17) is 5.11 Å². The summed E-state index contributed by atoms with van der Waals surface area (Å²) in [5.74, 6) is -4.15. The number of aryl methyl sites for hydroxylation is 1. The Bertz CT molecular complexity index is 2310. The normalized spacial score (nSPS) is 14.2. The van der Waals surface area contributed by atoms with Crippen molar-refractivity contribution in [1.29, 1.82) is 0 Å². The number of carbonyl (C=O) groups excluding carboxylic acids is 6. The van der Waals surface area contributed by atoms with Gasteiger partial charge in [-0.1, -0.05) is 56.7 Å². The first-order valence-electron chi connectivity index (χ1n) is 26.2. The van der Waals surface area contributed by atoms with Crippen molar-refractivity contribution in [2.45, 2.75) is 130 Å². The second kappa shape index (κ2) is 39.4. The number of aliphatic carboxylic acids is 2. The van der Waals surface area contributed by atoms with Gasteiger partial charge in [-0.3, -0.25) is 48.3 Å². The summed E-state index contributed by atoms with van der Waals surface area (Å²) in [5, 5.41) is 38.0. The number of carboxylic acids is 2. The van der Waals surface area contributed by atoms with Gasteiger partial charge in [0.25, 0.3) is 5.91 Å². The van der Waals surface area contributed by atoms with Gasteiger partial charge in [-0.25, -0.2) is 6.29 Å². The van der Waals surface area contributed by atoms with Gasteiger partial charge in [0.05, 0.1) is 25.3 Å². The van der Waals surface area contributed by atoms with Crippen LogP contribution in [0, 0.1) is 37.0 Å². The Morgan fingerprint density at radius 1 is 0.885 bits per heavy atom. The van der Waals surface area contributed by atoms with Gasteiger partial charge < -0.3 is 55.3 Å². The zero-order valence-electron chi connectivity index (χ0n) is 45.5. The number of unbranched alkanes of at least 4 members (excludes halogenated alkanes) is 1. The molecule has 23 nitrogen and oxygen atoms in total. The van der Waals surface area contributed by atoms with Crippen molar-refractivity contribution in [3.05, 3.63) is 59.4 Å². The first kappa shape index (κ1) is 71.0. The number of nitrogens with one attached hydrogen (secondary N) is 4. The number of carbonyl (C=O) groups is 7. The average Bonchev–Trinajstić information content (AvgIpc) is 3.86. The molecule has 0 spiro atoms. The third-order valence-corrected chi connectivity index (χ3v) is 12.8. The summed E-state index contributed by atoms with van der Waals surface area (Å²) in [6, 6.07) is 6.56. The van der Waals surface area contributed by atoms with Gasteiger partial charge in [-0.15, -0.1) is 0 Å². The summed E-state index contributed by atoms with van der Waals surface area (Å²) in [6.07, 6.45) is 8.47. The van der Waals surface area contributed by atoms with Gasteiger partial charge in [0, 0.05) is 101 Å². The summed E-state index contributed by atoms with van der Waals surface area (Å²) in [7, 11) is -4.29. The van der Waals surface area contributed by atoms with Crippen LogP contribution in [0.3, 0.4) is 0 Å². The largest absolute Gasteiger partial charge is 0.541 e. The quantitative estimate of drug-likeness (QED) is 0.0220. The van der Waals surface area contributed by atoms with E-state index in [1.807, 2.05) is 48.7 Å². The van der Waals surface area contributed by atoms with Gasteiger partial charge >= 0.3 is 29.9 Å². The zero-order valence-corrected chi connectivity index (χ0v) is 50.5. The third kappa shape index (κ3) is 30.4. The molecule has 1 radical (unpaired) electrons. The molecule has 2 heterocycles. The predicted octanol–water partition coefficient (Wildman–Crippen LogP) is 1.80. The van der Waals surface area contributed by atoms with E-state index < -0.39 is 58.2 Å². The number of aromatic nitrogens is 1. The molecule has 4 unspecified atom stereocenters. The average molecular weight is 1340 g/mol. The van der Waals surface area contributed by atoms with Crippen LogP contribution in [0.1, 0.15) is 120 Å². The first-order chi connectivity index (χ1) is 36.6. The van der Waals surface area contributed by atoms with E-state index in [1.54, 1.807) is 13.0 Å². The minimum absolute atomic E-state index is 0. The van der Waals surface area contributed by atoms with E-state index >= 15 is 0 Å². The molecule has 0 aliphatic carbocycles. The SMILES string of the molecule is CCC(C)CC(=O)O.CCCN(CCN(C[C-]=O)CCN(CCC)CC(=O)NCCCCC(NC(=O)CCc1cccc(OS(=O)(=O)F)c1)C(=O)NCc1cc(C(=O)NC(C)C(=O)N2CCCC2[B]O)ccn1)CC(=O)O.[U]. The molecule has 0 saturated carbocycles. The number of pyridine rings is 1. The number of amides is 5. The molecule has 5 amide bonds. The molecule has 1 aromatic heterocycles. The molecule has 3 rings (SSSR count). The molecule has 78 heavy (non-hydrogen) atoms. The maximum Gasteiger partial charge on any atom is 0.488 e. The maximum atomic E-state index is 13.6. The van der Waals surface area contributed by atoms with E-state index in [1.165, 1.54) is 41.4 Å². The fourth-order valence-corrected chi connectivity index (χ4v) is 8.52. The van der Waals surface area contributed by atoms with Gasteiger partial charge in [0.15, 0.2) is 0 Å².